The second-order valence-corrected chi connectivity index (χ2v) is 5.31. The second-order valence-electron chi connectivity index (χ2n) is 5.31. The zero-order chi connectivity index (χ0) is 13.2. The summed E-state index contributed by atoms with van der Waals surface area (Å²) in [5, 5.41) is 11.0. The van der Waals surface area contributed by atoms with Crippen molar-refractivity contribution in [2.24, 2.45) is 5.92 Å². The molecular formula is C11H18FNO4. The minimum Gasteiger partial charge on any atom is -0.479 e. The van der Waals surface area contributed by atoms with Crippen LogP contribution in [0.3, 0.4) is 0 Å². The number of amides is 1. The highest BCUT2D eigenvalue weighted by Crippen LogP contribution is 2.32. The first kappa shape index (κ1) is 13.7. The zero-order valence-electron chi connectivity index (χ0n) is 10.2. The van der Waals surface area contributed by atoms with E-state index in [1.165, 1.54) is 0 Å². The van der Waals surface area contributed by atoms with E-state index in [1.54, 1.807) is 20.8 Å². The van der Waals surface area contributed by atoms with Gasteiger partial charge in [-0.25, -0.2) is 14.0 Å². The lowest BCUT2D eigenvalue weighted by Gasteiger charge is -2.36. The smallest absolute Gasteiger partial charge is 0.407 e. The van der Waals surface area contributed by atoms with E-state index in [1.807, 2.05) is 0 Å². The van der Waals surface area contributed by atoms with Gasteiger partial charge in [0.2, 0.25) is 0 Å². The second kappa shape index (κ2) is 4.89. The Hall–Kier alpha value is -1.33. The van der Waals surface area contributed by atoms with E-state index >= 15 is 0 Å². The molecule has 0 spiro atoms. The molecule has 0 radical (unpaired) electrons. The maximum atomic E-state index is 13.0. The highest BCUT2D eigenvalue weighted by molar-refractivity contribution is 5.73. The van der Waals surface area contributed by atoms with Crippen LogP contribution in [0.5, 0.6) is 0 Å². The molecule has 17 heavy (non-hydrogen) atoms. The van der Waals surface area contributed by atoms with Crippen LogP contribution in [0.1, 0.15) is 33.6 Å². The summed E-state index contributed by atoms with van der Waals surface area (Å²) in [6.07, 6.45) is -1.71. The van der Waals surface area contributed by atoms with Crippen molar-refractivity contribution in [1.29, 1.82) is 0 Å². The minimum absolute atomic E-state index is 0.188. The zero-order valence-corrected chi connectivity index (χ0v) is 10.2. The molecule has 0 aromatic heterocycles. The van der Waals surface area contributed by atoms with E-state index in [0.29, 0.717) is 12.8 Å². The molecule has 98 valence electrons. The number of aliphatic carboxylic acids is 1. The van der Waals surface area contributed by atoms with Crippen molar-refractivity contribution < 1.29 is 23.8 Å². The van der Waals surface area contributed by atoms with Gasteiger partial charge in [0.25, 0.3) is 0 Å². The SMILES string of the molecule is CC(C)(C)OC(=O)NC1CC(C(F)C(=O)O)C1. The third-order valence-corrected chi connectivity index (χ3v) is 2.55. The van der Waals surface area contributed by atoms with Gasteiger partial charge in [0, 0.05) is 12.0 Å². The van der Waals surface area contributed by atoms with Crippen LogP contribution in [-0.4, -0.2) is 35.0 Å². The van der Waals surface area contributed by atoms with E-state index in [-0.39, 0.29) is 6.04 Å². The Morgan fingerprint density at radius 1 is 1.41 bits per heavy atom. The van der Waals surface area contributed by atoms with E-state index in [9.17, 15) is 14.0 Å². The Balaban J connectivity index is 2.26. The molecule has 0 aromatic carbocycles. The molecule has 1 amide bonds. The third-order valence-electron chi connectivity index (χ3n) is 2.55. The largest absolute Gasteiger partial charge is 0.479 e. The summed E-state index contributed by atoms with van der Waals surface area (Å²) < 4.78 is 18.0. The van der Waals surface area contributed by atoms with E-state index in [0.717, 1.165) is 0 Å². The van der Waals surface area contributed by atoms with E-state index < -0.39 is 29.8 Å². The predicted molar refractivity (Wildman–Crippen MR) is 58.4 cm³/mol. The average Bonchev–Trinajstić information content (AvgIpc) is 2.06. The first-order valence-electron chi connectivity index (χ1n) is 5.55. The molecule has 2 N–H and O–H groups in total. The van der Waals surface area contributed by atoms with Gasteiger partial charge < -0.3 is 15.2 Å². The van der Waals surface area contributed by atoms with Gasteiger partial charge in [0.1, 0.15) is 5.60 Å². The summed E-state index contributed by atoms with van der Waals surface area (Å²) in [5.41, 5.74) is -0.572. The number of carbonyl (C=O) groups is 2. The molecule has 0 saturated heterocycles. The number of nitrogens with one attached hydrogen (secondary N) is 1. The van der Waals surface area contributed by atoms with Crippen molar-refractivity contribution in [1.82, 2.24) is 5.32 Å². The van der Waals surface area contributed by atoms with Crippen LogP contribution in [0.4, 0.5) is 9.18 Å². The Bertz CT molecular complexity index is 307. The highest BCUT2D eigenvalue weighted by atomic mass is 19.1. The van der Waals surface area contributed by atoms with Crippen LogP contribution in [0.25, 0.3) is 0 Å². The molecule has 1 aliphatic rings. The Kier molecular flexibility index (Phi) is 3.95. The molecule has 0 heterocycles. The molecule has 1 fully saturated rings. The number of ether oxygens (including phenoxy) is 1. The van der Waals surface area contributed by atoms with Crippen LogP contribution in [0, 0.1) is 5.92 Å². The standard InChI is InChI=1S/C11H18FNO4/c1-11(2,3)17-10(16)13-7-4-6(5-7)8(12)9(14)15/h6-8H,4-5H2,1-3H3,(H,13,16)(H,14,15). The number of rotatable bonds is 3. The fraction of sp³-hybridized carbons (Fsp3) is 0.818. The molecule has 0 aliphatic heterocycles. The monoisotopic (exact) mass is 247 g/mol. The molecular weight excluding hydrogens is 229 g/mol. The molecule has 0 aromatic rings. The van der Waals surface area contributed by atoms with Crippen LogP contribution in [0.15, 0.2) is 0 Å². The van der Waals surface area contributed by atoms with Crippen molar-refractivity contribution in [2.75, 3.05) is 0 Å². The van der Waals surface area contributed by atoms with Crippen LogP contribution in [-0.2, 0) is 9.53 Å². The van der Waals surface area contributed by atoms with Gasteiger partial charge in [-0.3, -0.25) is 0 Å². The summed E-state index contributed by atoms with van der Waals surface area (Å²) in [7, 11) is 0. The summed E-state index contributed by atoms with van der Waals surface area (Å²) in [5.74, 6) is -1.95. The summed E-state index contributed by atoms with van der Waals surface area (Å²) >= 11 is 0. The molecule has 1 rings (SSSR count). The molecule has 5 nitrogen and oxygen atoms in total. The van der Waals surface area contributed by atoms with Crippen molar-refractivity contribution in [3.8, 4) is 0 Å². The number of halogens is 1. The van der Waals surface area contributed by atoms with Crippen molar-refractivity contribution in [3.63, 3.8) is 0 Å². The van der Waals surface area contributed by atoms with Gasteiger partial charge in [-0.1, -0.05) is 0 Å². The lowest BCUT2D eigenvalue weighted by atomic mass is 9.77. The first-order valence-corrected chi connectivity index (χ1v) is 5.55. The van der Waals surface area contributed by atoms with Gasteiger partial charge >= 0.3 is 12.1 Å². The number of carbonyl (C=O) groups excluding carboxylic acids is 1. The van der Waals surface area contributed by atoms with Crippen LogP contribution < -0.4 is 5.32 Å². The molecule has 1 aliphatic carbocycles. The Morgan fingerprint density at radius 3 is 2.35 bits per heavy atom. The van der Waals surface area contributed by atoms with Crippen molar-refractivity contribution in [3.05, 3.63) is 0 Å². The Morgan fingerprint density at radius 2 is 1.94 bits per heavy atom. The third kappa shape index (κ3) is 4.20. The topological polar surface area (TPSA) is 75.6 Å². The summed E-state index contributed by atoms with van der Waals surface area (Å²) in [6, 6.07) is -0.188. The van der Waals surface area contributed by atoms with E-state index in [4.69, 9.17) is 9.84 Å². The fourth-order valence-electron chi connectivity index (χ4n) is 1.69. The van der Waals surface area contributed by atoms with Crippen LogP contribution in [0.2, 0.25) is 0 Å². The quantitative estimate of drug-likeness (QED) is 0.796. The van der Waals surface area contributed by atoms with Crippen LogP contribution >= 0.6 is 0 Å². The maximum Gasteiger partial charge on any atom is 0.407 e. The Labute approximate surface area is 99.3 Å². The maximum absolute atomic E-state index is 13.0. The van der Waals surface area contributed by atoms with E-state index in [2.05, 4.69) is 5.32 Å². The molecule has 0 bridgehead atoms. The summed E-state index contributed by atoms with van der Waals surface area (Å²) in [6.45, 7) is 5.24. The fourth-order valence-corrected chi connectivity index (χ4v) is 1.69. The molecule has 6 heteroatoms. The van der Waals surface area contributed by atoms with Gasteiger partial charge in [-0.15, -0.1) is 0 Å². The van der Waals surface area contributed by atoms with Gasteiger partial charge in [0.05, 0.1) is 0 Å². The van der Waals surface area contributed by atoms with Crippen molar-refractivity contribution >= 4 is 12.1 Å². The minimum atomic E-state index is -1.84. The molecule has 1 unspecified atom stereocenters. The first-order chi connectivity index (χ1) is 7.69. The average molecular weight is 247 g/mol. The number of alkyl carbamates (subject to hydrolysis) is 1. The van der Waals surface area contributed by atoms with Gasteiger partial charge in [-0.2, -0.15) is 0 Å². The number of carboxylic acids is 1. The predicted octanol–water partition coefficient (Wildman–Crippen LogP) is 1.71. The summed E-state index contributed by atoms with van der Waals surface area (Å²) in [4.78, 5) is 21.7. The lowest BCUT2D eigenvalue weighted by Crippen LogP contribution is -2.49. The normalized spacial score (nSPS) is 25.6. The molecule has 1 saturated carbocycles. The molecule has 1 atom stereocenters. The number of hydrogen-bond donors (Lipinski definition) is 2. The van der Waals surface area contributed by atoms with Gasteiger partial charge in [0.15, 0.2) is 6.17 Å². The number of carboxylic acid groups (broad SMARTS) is 1. The van der Waals surface area contributed by atoms with Gasteiger partial charge in [-0.05, 0) is 33.6 Å². The highest BCUT2D eigenvalue weighted by Gasteiger charge is 2.40. The lowest BCUT2D eigenvalue weighted by molar-refractivity contribution is -0.146. The number of hydrogen-bond acceptors (Lipinski definition) is 3. The number of alkyl halides is 1. The van der Waals surface area contributed by atoms with Crippen molar-refractivity contribution in [2.45, 2.75) is 51.4 Å².